The van der Waals surface area contributed by atoms with E-state index in [1.807, 2.05) is 11.8 Å². The molecule has 1 aliphatic rings. The number of thioether (sulfide) groups is 1. The van der Waals surface area contributed by atoms with Crippen molar-refractivity contribution in [2.75, 3.05) is 17.2 Å². The van der Waals surface area contributed by atoms with Crippen LogP contribution in [0, 0.1) is 0 Å². The van der Waals surface area contributed by atoms with Crippen molar-refractivity contribution in [3.05, 3.63) is 23.9 Å². The zero-order valence-electron chi connectivity index (χ0n) is 8.27. The second kappa shape index (κ2) is 4.53. The number of hydrogen-bond donors (Lipinski definition) is 2. The highest BCUT2D eigenvalue weighted by Gasteiger charge is 2.18. The molecular formula is C10H13N3OS. The summed E-state index contributed by atoms with van der Waals surface area (Å²) < 4.78 is 0. The molecule has 0 aliphatic carbocycles. The molecule has 0 spiro atoms. The summed E-state index contributed by atoms with van der Waals surface area (Å²) in [6.07, 6.45) is 1.04. The van der Waals surface area contributed by atoms with E-state index in [2.05, 4.69) is 10.3 Å². The molecule has 1 saturated heterocycles. The van der Waals surface area contributed by atoms with E-state index in [1.165, 1.54) is 0 Å². The molecule has 0 radical (unpaired) electrons. The molecule has 0 aromatic carbocycles. The molecule has 1 atom stereocenters. The average Bonchev–Trinajstić information content (AvgIpc) is 2.70. The van der Waals surface area contributed by atoms with Gasteiger partial charge in [-0.1, -0.05) is 6.07 Å². The number of aromatic nitrogens is 1. The van der Waals surface area contributed by atoms with Crippen LogP contribution >= 0.6 is 11.8 Å². The third-order valence-corrected chi connectivity index (χ3v) is 3.43. The molecule has 1 amide bonds. The fourth-order valence-corrected chi connectivity index (χ4v) is 2.64. The van der Waals surface area contributed by atoms with Crippen LogP contribution in [-0.4, -0.2) is 28.4 Å². The molecule has 5 heteroatoms. The monoisotopic (exact) mass is 223 g/mol. The number of carbonyl (C=O) groups is 1. The minimum absolute atomic E-state index is 0.130. The number of nitrogen functional groups attached to an aromatic ring is 1. The second-order valence-electron chi connectivity index (χ2n) is 3.48. The van der Waals surface area contributed by atoms with Crippen LogP contribution < -0.4 is 11.1 Å². The molecule has 2 heterocycles. The summed E-state index contributed by atoms with van der Waals surface area (Å²) in [6.45, 7) is 0. The van der Waals surface area contributed by atoms with Gasteiger partial charge in [0.1, 0.15) is 11.5 Å². The van der Waals surface area contributed by atoms with Gasteiger partial charge in [0.25, 0.3) is 5.91 Å². The molecule has 1 fully saturated rings. The topological polar surface area (TPSA) is 68.0 Å². The summed E-state index contributed by atoms with van der Waals surface area (Å²) in [7, 11) is 0. The van der Waals surface area contributed by atoms with Gasteiger partial charge in [-0.15, -0.1) is 0 Å². The van der Waals surface area contributed by atoms with Gasteiger partial charge >= 0.3 is 0 Å². The van der Waals surface area contributed by atoms with E-state index < -0.39 is 0 Å². The van der Waals surface area contributed by atoms with Crippen molar-refractivity contribution in [1.82, 2.24) is 10.3 Å². The van der Waals surface area contributed by atoms with Crippen molar-refractivity contribution in [3.8, 4) is 0 Å². The molecule has 0 saturated carbocycles. The number of carbonyl (C=O) groups excluding carboxylic acids is 1. The standard InChI is InChI=1S/C10H13N3OS/c11-9-3-1-2-8(13-9)10(14)12-7-4-5-15-6-7/h1-3,7H,4-6H2,(H2,11,13)(H,12,14). The summed E-state index contributed by atoms with van der Waals surface area (Å²) in [4.78, 5) is 15.7. The maximum absolute atomic E-state index is 11.7. The van der Waals surface area contributed by atoms with Gasteiger partial charge in [-0.25, -0.2) is 4.98 Å². The molecule has 1 aromatic rings. The third kappa shape index (κ3) is 2.62. The fourth-order valence-electron chi connectivity index (χ4n) is 1.49. The Morgan fingerprint density at radius 1 is 1.60 bits per heavy atom. The average molecular weight is 223 g/mol. The number of hydrogen-bond acceptors (Lipinski definition) is 4. The largest absolute Gasteiger partial charge is 0.384 e. The van der Waals surface area contributed by atoms with Gasteiger partial charge in [0.15, 0.2) is 0 Å². The van der Waals surface area contributed by atoms with E-state index >= 15 is 0 Å². The Bertz CT molecular complexity index is 363. The van der Waals surface area contributed by atoms with Crippen LogP contribution in [-0.2, 0) is 0 Å². The Morgan fingerprint density at radius 2 is 2.47 bits per heavy atom. The van der Waals surface area contributed by atoms with Crippen molar-refractivity contribution in [2.24, 2.45) is 0 Å². The first-order valence-electron chi connectivity index (χ1n) is 4.87. The highest BCUT2D eigenvalue weighted by Crippen LogP contribution is 2.17. The van der Waals surface area contributed by atoms with Crippen molar-refractivity contribution < 1.29 is 4.79 Å². The van der Waals surface area contributed by atoms with Gasteiger partial charge in [-0.3, -0.25) is 4.79 Å². The number of amides is 1. The Kier molecular flexibility index (Phi) is 3.11. The van der Waals surface area contributed by atoms with Crippen molar-refractivity contribution >= 4 is 23.5 Å². The molecule has 1 aromatic heterocycles. The Labute approximate surface area is 92.6 Å². The Morgan fingerprint density at radius 3 is 3.13 bits per heavy atom. The van der Waals surface area contributed by atoms with E-state index in [-0.39, 0.29) is 11.9 Å². The molecular weight excluding hydrogens is 210 g/mol. The molecule has 3 N–H and O–H groups in total. The van der Waals surface area contributed by atoms with Gasteiger partial charge in [-0.05, 0) is 24.3 Å². The maximum atomic E-state index is 11.7. The van der Waals surface area contributed by atoms with E-state index in [9.17, 15) is 4.79 Å². The first-order valence-corrected chi connectivity index (χ1v) is 6.02. The molecule has 0 bridgehead atoms. The quantitative estimate of drug-likeness (QED) is 0.781. The Balaban J connectivity index is 2.01. The minimum atomic E-state index is -0.130. The number of anilines is 1. The van der Waals surface area contributed by atoms with Crippen LogP contribution in [0.25, 0.3) is 0 Å². The molecule has 4 nitrogen and oxygen atoms in total. The molecule has 1 aliphatic heterocycles. The summed E-state index contributed by atoms with van der Waals surface area (Å²) in [5.74, 6) is 2.36. The van der Waals surface area contributed by atoms with Gasteiger partial charge in [-0.2, -0.15) is 11.8 Å². The summed E-state index contributed by atoms with van der Waals surface area (Å²) in [6, 6.07) is 5.36. The lowest BCUT2D eigenvalue weighted by Gasteiger charge is -2.10. The van der Waals surface area contributed by atoms with Crippen molar-refractivity contribution in [3.63, 3.8) is 0 Å². The number of nitrogens with one attached hydrogen (secondary N) is 1. The number of nitrogens with two attached hydrogens (primary N) is 1. The Hall–Kier alpha value is -1.23. The molecule has 2 rings (SSSR count). The van der Waals surface area contributed by atoms with Crippen LogP contribution in [0.15, 0.2) is 18.2 Å². The van der Waals surface area contributed by atoms with Crippen LogP contribution in [0.4, 0.5) is 5.82 Å². The lowest BCUT2D eigenvalue weighted by atomic mass is 10.2. The lowest BCUT2D eigenvalue weighted by Crippen LogP contribution is -2.35. The number of rotatable bonds is 2. The molecule has 1 unspecified atom stereocenters. The first-order chi connectivity index (χ1) is 7.25. The van der Waals surface area contributed by atoms with Gasteiger partial charge in [0, 0.05) is 11.8 Å². The predicted molar refractivity (Wildman–Crippen MR) is 61.8 cm³/mol. The molecule has 80 valence electrons. The normalized spacial score (nSPS) is 20.1. The SMILES string of the molecule is Nc1cccc(C(=O)NC2CCSC2)n1. The summed E-state index contributed by atoms with van der Waals surface area (Å²) in [5, 5.41) is 2.94. The number of nitrogens with zero attached hydrogens (tertiary/aromatic N) is 1. The van der Waals surface area contributed by atoms with E-state index in [0.717, 1.165) is 17.9 Å². The summed E-state index contributed by atoms with van der Waals surface area (Å²) >= 11 is 1.86. The van der Waals surface area contributed by atoms with Crippen LogP contribution in [0.1, 0.15) is 16.9 Å². The minimum Gasteiger partial charge on any atom is -0.384 e. The van der Waals surface area contributed by atoms with E-state index in [1.54, 1.807) is 18.2 Å². The van der Waals surface area contributed by atoms with Gasteiger partial charge < -0.3 is 11.1 Å². The lowest BCUT2D eigenvalue weighted by molar-refractivity contribution is 0.0936. The van der Waals surface area contributed by atoms with E-state index in [0.29, 0.717) is 11.5 Å². The van der Waals surface area contributed by atoms with Crippen molar-refractivity contribution in [1.29, 1.82) is 0 Å². The smallest absolute Gasteiger partial charge is 0.270 e. The highest BCUT2D eigenvalue weighted by atomic mass is 32.2. The predicted octanol–water partition coefficient (Wildman–Crippen LogP) is 0.899. The second-order valence-corrected chi connectivity index (χ2v) is 4.63. The van der Waals surface area contributed by atoms with E-state index in [4.69, 9.17) is 5.73 Å². The number of pyridine rings is 1. The highest BCUT2D eigenvalue weighted by molar-refractivity contribution is 7.99. The van der Waals surface area contributed by atoms with Gasteiger partial charge in [0.2, 0.25) is 0 Å². The van der Waals surface area contributed by atoms with Crippen LogP contribution in [0.3, 0.4) is 0 Å². The first kappa shape index (κ1) is 10.3. The third-order valence-electron chi connectivity index (χ3n) is 2.27. The van der Waals surface area contributed by atoms with Crippen LogP contribution in [0.5, 0.6) is 0 Å². The van der Waals surface area contributed by atoms with Crippen molar-refractivity contribution in [2.45, 2.75) is 12.5 Å². The fraction of sp³-hybridized carbons (Fsp3) is 0.400. The zero-order chi connectivity index (χ0) is 10.7. The molecule has 15 heavy (non-hydrogen) atoms. The zero-order valence-corrected chi connectivity index (χ0v) is 9.09. The maximum Gasteiger partial charge on any atom is 0.270 e. The summed E-state index contributed by atoms with van der Waals surface area (Å²) in [5.41, 5.74) is 5.90. The van der Waals surface area contributed by atoms with Crippen LogP contribution in [0.2, 0.25) is 0 Å². The van der Waals surface area contributed by atoms with Gasteiger partial charge in [0.05, 0.1) is 0 Å².